The number of carbonyl (C=O) groups is 1. The average molecular weight is 248 g/mol. The first-order valence-electron chi connectivity index (χ1n) is 6.22. The maximum Gasteiger partial charge on any atom is 0.229 e. The van der Waals surface area contributed by atoms with Crippen molar-refractivity contribution in [3.05, 3.63) is 35.4 Å². The summed E-state index contributed by atoms with van der Waals surface area (Å²) in [5.74, 6) is -0.123. The fourth-order valence-electron chi connectivity index (χ4n) is 2.23. The van der Waals surface area contributed by atoms with E-state index in [9.17, 15) is 4.79 Å². The van der Waals surface area contributed by atoms with Gasteiger partial charge in [-0.25, -0.2) is 0 Å². The Morgan fingerprint density at radius 1 is 1.44 bits per heavy atom. The van der Waals surface area contributed by atoms with Crippen LogP contribution in [0.1, 0.15) is 11.1 Å². The fourth-order valence-corrected chi connectivity index (χ4v) is 2.23. The molecular formula is C14H20N2O2. The van der Waals surface area contributed by atoms with Gasteiger partial charge in [0.2, 0.25) is 5.91 Å². The molecule has 98 valence electrons. The smallest absolute Gasteiger partial charge is 0.229 e. The van der Waals surface area contributed by atoms with Gasteiger partial charge in [0, 0.05) is 19.6 Å². The zero-order valence-electron chi connectivity index (χ0n) is 10.9. The third kappa shape index (κ3) is 2.71. The molecule has 2 atom stereocenters. The van der Waals surface area contributed by atoms with E-state index in [1.165, 1.54) is 11.1 Å². The number of nitrogens with two attached hydrogens (primary N) is 1. The highest BCUT2D eigenvalue weighted by molar-refractivity contribution is 5.79. The van der Waals surface area contributed by atoms with Crippen molar-refractivity contribution in [1.29, 1.82) is 0 Å². The Balaban J connectivity index is 2.01. The fraction of sp³-hybridized carbons (Fsp3) is 0.500. The van der Waals surface area contributed by atoms with E-state index in [2.05, 4.69) is 13.0 Å². The summed E-state index contributed by atoms with van der Waals surface area (Å²) in [6.07, 6.45) is 0. The molecule has 1 aromatic carbocycles. The summed E-state index contributed by atoms with van der Waals surface area (Å²) in [4.78, 5) is 14.0. The van der Waals surface area contributed by atoms with Gasteiger partial charge in [-0.3, -0.25) is 4.79 Å². The molecule has 0 aromatic heterocycles. The number of ether oxygens (including phenoxy) is 1. The van der Waals surface area contributed by atoms with E-state index in [-0.39, 0.29) is 17.9 Å². The van der Waals surface area contributed by atoms with Crippen LogP contribution in [0.5, 0.6) is 0 Å². The quantitative estimate of drug-likeness (QED) is 0.865. The normalized spacial score (nSPS) is 23.1. The maximum absolute atomic E-state index is 12.2. The predicted molar refractivity (Wildman–Crippen MR) is 69.9 cm³/mol. The molecule has 2 unspecified atom stereocenters. The van der Waals surface area contributed by atoms with Gasteiger partial charge in [-0.1, -0.05) is 24.3 Å². The molecule has 1 aliphatic heterocycles. The second-order valence-corrected chi connectivity index (χ2v) is 4.93. The lowest BCUT2D eigenvalue weighted by Crippen LogP contribution is -2.41. The molecule has 4 nitrogen and oxygen atoms in total. The number of hydrogen-bond acceptors (Lipinski definition) is 3. The predicted octanol–water partition coefficient (Wildman–Crippen LogP) is 0.927. The molecule has 1 aromatic rings. The van der Waals surface area contributed by atoms with Crippen molar-refractivity contribution in [1.82, 2.24) is 4.90 Å². The van der Waals surface area contributed by atoms with Gasteiger partial charge >= 0.3 is 0 Å². The van der Waals surface area contributed by atoms with E-state index in [1.54, 1.807) is 4.90 Å². The van der Waals surface area contributed by atoms with Gasteiger partial charge in [0.25, 0.3) is 0 Å². The molecule has 1 aliphatic rings. The molecule has 1 fully saturated rings. The summed E-state index contributed by atoms with van der Waals surface area (Å²) in [5, 5.41) is 0. The van der Waals surface area contributed by atoms with Crippen molar-refractivity contribution in [3.63, 3.8) is 0 Å². The van der Waals surface area contributed by atoms with Crippen LogP contribution in [0.3, 0.4) is 0 Å². The Morgan fingerprint density at radius 2 is 2.17 bits per heavy atom. The average Bonchev–Trinajstić information content (AvgIpc) is 2.77. The largest absolute Gasteiger partial charge is 0.379 e. The summed E-state index contributed by atoms with van der Waals surface area (Å²) in [6.45, 7) is 3.60. The molecule has 0 saturated carbocycles. The van der Waals surface area contributed by atoms with Gasteiger partial charge in [-0.15, -0.1) is 0 Å². The summed E-state index contributed by atoms with van der Waals surface area (Å²) in [6, 6.07) is 7.92. The molecule has 1 saturated heterocycles. The van der Waals surface area contributed by atoms with Gasteiger partial charge in [0.15, 0.2) is 0 Å². The van der Waals surface area contributed by atoms with Crippen LogP contribution in [-0.4, -0.2) is 37.1 Å². The first-order valence-corrected chi connectivity index (χ1v) is 6.22. The lowest BCUT2D eigenvalue weighted by Gasteiger charge is -2.23. The molecular weight excluding hydrogens is 228 g/mol. The zero-order valence-corrected chi connectivity index (χ0v) is 10.9. The van der Waals surface area contributed by atoms with Crippen LogP contribution in [0, 0.1) is 12.8 Å². The van der Waals surface area contributed by atoms with Gasteiger partial charge in [0.1, 0.15) is 0 Å². The van der Waals surface area contributed by atoms with Crippen molar-refractivity contribution in [2.45, 2.75) is 19.5 Å². The zero-order chi connectivity index (χ0) is 13.1. The highest BCUT2D eigenvalue weighted by Crippen LogP contribution is 2.16. The van der Waals surface area contributed by atoms with Gasteiger partial charge in [0.05, 0.1) is 19.1 Å². The van der Waals surface area contributed by atoms with Crippen LogP contribution >= 0.6 is 0 Å². The molecule has 2 rings (SSSR count). The molecule has 0 bridgehead atoms. The van der Waals surface area contributed by atoms with Crippen LogP contribution in [0.15, 0.2) is 24.3 Å². The molecule has 1 amide bonds. The SMILES string of the molecule is Cc1ccccc1CN(C)C(=O)C1COCC1N. The second kappa shape index (κ2) is 5.50. The number of benzene rings is 1. The Morgan fingerprint density at radius 3 is 2.78 bits per heavy atom. The van der Waals surface area contributed by atoms with Crippen LogP contribution in [0.2, 0.25) is 0 Å². The van der Waals surface area contributed by atoms with Gasteiger partial charge in [-0.2, -0.15) is 0 Å². The van der Waals surface area contributed by atoms with E-state index >= 15 is 0 Å². The Labute approximate surface area is 108 Å². The Hall–Kier alpha value is -1.39. The Kier molecular flexibility index (Phi) is 3.99. The van der Waals surface area contributed by atoms with E-state index in [1.807, 2.05) is 25.2 Å². The molecule has 2 N–H and O–H groups in total. The molecule has 0 aliphatic carbocycles. The topological polar surface area (TPSA) is 55.6 Å². The number of amides is 1. The number of hydrogen-bond donors (Lipinski definition) is 1. The van der Waals surface area contributed by atoms with Gasteiger partial charge in [-0.05, 0) is 18.1 Å². The highest BCUT2D eigenvalue weighted by Gasteiger charge is 2.33. The minimum atomic E-state index is -0.195. The van der Waals surface area contributed by atoms with E-state index in [0.717, 1.165) is 0 Å². The van der Waals surface area contributed by atoms with E-state index < -0.39 is 0 Å². The lowest BCUT2D eigenvalue weighted by molar-refractivity contribution is -0.135. The number of rotatable bonds is 3. The Bertz CT molecular complexity index is 434. The molecule has 1 heterocycles. The van der Waals surface area contributed by atoms with E-state index in [4.69, 9.17) is 10.5 Å². The molecule has 4 heteroatoms. The van der Waals surface area contributed by atoms with E-state index in [0.29, 0.717) is 19.8 Å². The minimum Gasteiger partial charge on any atom is -0.379 e. The van der Waals surface area contributed by atoms with Crippen molar-refractivity contribution in [2.24, 2.45) is 11.7 Å². The highest BCUT2D eigenvalue weighted by atomic mass is 16.5. The van der Waals surface area contributed by atoms with Crippen molar-refractivity contribution in [3.8, 4) is 0 Å². The maximum atomic E-state index is 12.2. The lowest BCUT2D eigenvalue weighted by atomic mass is 10.0. The van der Waals surface area contributed by atoms with Crippen molar-refractivity contribution >= 4 is 5.91 Å². The first-order chi connectivity index (χ1) is 8.59. The molecule has 18 heavy (non-hydrogen) atoms. The minimum absolute atomic E-state index is 0.0725. The van der Waals surface area contributed by atoms with Crippen LogP contribution in [0.4, 0.5) is 0 Å². The standard InChI is InChI=1S/C14H20N2O2/c1-10-5-3-4-6-11(10)7-16(2)14(17)12-8-18-9-13(12)15/h3-6,12-13H,7-9,15H2,1-2H3. The summed E-state index contributed by atoms with van der Waals surface area (Å²) < 4.78 is 5.24. The third-order valence-corrected chi connectivity index (χ3v) is 3.49. The van der Waals surface area contributed by atoms with Crippen LogP contribution in [0.25, 0.3) is 0 Å². The summed E-state index contributed by atoms with van der Waals surface area (Å²) in [5.41, 5.74) is 8.23. The second-order valence-electron chi connectivity index (χ2n) is 4.93. The monoisotopic (exact) mass is 248 g/mol. The van der Waals surface area contributed by atoms with Crippen LogP contribution < -0.4 is 5.73 Å². The third-order valence-electron chi connectivity index (χ3n) is 3.49. The first kappa shape index (κ1) is 13.1. The van der Waals surface area contributed by atoms with Gasteiger partial charge < -0.3 is 15.4 Å². The summed E-state index contributed by atoms with van der Waals surface area (Å²) in [7, 11) is 1.82. The van der Waals surface area contributed by atoms with Crippen molar-refractivity contribution < 1.29 is 9.53 Å². The molecule has 0 radical (unpaired) electrons. The number of carbonyl (C=O) groups excluding carboxylic acids is 1. The molecule has 0 spiro atoms. The number of aryl methyl sites for hydroxylation is 1. The van der Waals surface area contributed by atoms with Crippen LogP contribution in [-0.2, 0) is 16.1 Å². The number of nitrogens with zero attached hydrogens (tertiary/aromatic N) is 1. The summed E-state index contributed by atoms with van der Waals surface area (Å²) >= 11 is 0. The van der Waals surface area contributed by atoms with Crippen molar-refractivity contribution in [2.75, 3.05) is 20.3 Å².